The zero-order valence-corrected chi connectivity index (χ0v) is 15.4. The molecule has 0 aromatic heterocycles. The molecule has 7 nitrogen and oxygen atoms in total. The van der Waals surface area contributed by atoms with Crippen molar-refractivity contribution in [3.05, 3.63) is 68.2 Å². The Bertz CT molecular complexity index is 929. The number of fused-ring (bicyclic) bond motifs is 1. The van der Waals surface area contributed by atoms with Crippen LogP contribution >= 0.6 is 11.6 Å². The number of amides is 2. The number of halogens is 1. The molecule has 1 aliphatic rings. The number of benzene rings is 2. The fourth-order valence-electron chi connectivity index (χ4n) is 3.04. The van der Waals surface area contributed by atoms with Gasteiger partial charge in [0.1, 0.15) is 11.1 Å². The molecule has 0 unspecified atom stereocenters. The molecule has 27 heavy (non-hydrogen) atoms. The highest BCUT2D eigenvalue weighted by Gasteiger charge is 2.20. The van der Waals surface area contributed by atoms with Crippen molar-refractivity contribution in [3.8, 4) is 0 Å². The summed E-state index contributed by atoms with van der Waals surface area (Å²) >= 11 is 5.75. The summed E-state index contributed by atoms with van der Waals surface area (Å²) < 4.78 is 0. The fourth-order valence-corrected chi connectivity index (χ4v) is 3.23. The zero-order valence-electron chi connectivity index (χ0n) is 14.6. The van der Waals surface area contributed by atoms with E-state index in [1.165, 1.54) is 23.3 Å². The quantitative estimate of drug-likeness (QED) is 0.605. The molecule has 3 rings (SSSR count). The van der Waals surface area contributed by atoms with E-state index < -0.39 is 16.9 Å². The van der Waals surface area contributed by atoms with Gasteiger partial charge in [0.05, 0.1) is 4.92 Å². The first-order valence-corrected chi connectivity index (χ1v) is 8.90. The Morgan fingerprint density at radius 3 is 2.63 bits per heavy atom. The van der Waals surface area contributed by atoms with E-state index in [0.29, 0.717) is 5.69 Å². The van der Waals surface area contributed by atoms with Crippen LogP contribution in [0.25, 0.3) is 0 Å². The van der Waals surface area contributed by atoms with Crippen LogP contribution in [0.15, 0.2) is 36.4 Å². The summed E-state index contributed by atoms with van der Waals surface area (Å²) in [6, 6.07) is 8.73. The Hall–Kier alpha value is -2.93. The molecule has 2 amide bonds. The van der Waals surface area contributed by atoms with Crippen molar-refractivity contribution in [1.82, 2.24) is 5.32 Å². The number of carbonyl (C=O) groups excluding carboxylic acids is 2. The number of hydrogen-bond acceptors (Lipinski definition) is 4. The molecule has 8 heteroatoms. The predicted octanol–water partition coefficient (Wildman–Crippen LogP) is 3.49. The van der Waals surface area contributed by atoms with Crippen molar-refractivity contribution in [1.29, 1.82) is 0 Å². The lowest BCUT2D eigenvalue weighted by Gasteiger charge is -2.15. The summed E-state index contributed by atoms with van der Waals surface area (Å²) in [6.45, 7) is 1.55. The molecule has 0 radical (unpaired) electrons. The van der Waals surface area contributed by atoms with Crippen molar-refractivity contribution in [2.75, 3.05) is 5.32 Å². The minimum atomic E-state index is -0.819. The van der Waals surface area contributed by atoms with Crippen LogP contribution in [0.5, 0.6) is 0 Å². The average Bonchev–Trinajstić information content (AvgIpc) is 3.09. The first-order chi connectivity index (χ1) is 12.8. The molecule has 0 bridgehead atoms. The number of carbonyl (C=O) groups is 2. The van der Waals surface area contributed by atoms with Gasteiger partial charge in [-0.05, 0) is 61.6 Å². The van der Waals surface area contributed by atoms with E-state index in [0.717, 1.165) is 25.3 Å². The van der Waals surface area contributed by atoms with Crippen LogP contribution in [-0.2, 0) is 17.6 Å². The van der Waals surface area contributed by atoms with Crippen LogP contribution in [0.3, 0.4) is 0 Å². The number of nitro groups is 1. The largest absolute Gasteiger partial charge is 0.341 e. The van der Waals surface area contributed by atoms with Crippen LogP contribution < -0.4 is 10.6 Å². The summed E-state index contributed by atoms with van der Waals surface area (Å²) in [5, 5.41) is 16.2. The summed E-state index contributed by atoms with van der Waals surface area (Å²) in [7, 11) is 0. The van der Waals surface area contributed by atoms with Gasteiger partial charge in [-0.3, -0.25) is 19.7 Å². The maximum atomic E-state index is 12.4. The average molecular weight is 388 g/mol. The van der Waals surface area contributed by atoms with Crippen LogP contribution in [0.2, 0.25) is 5.02 Å². The normalized spacial score (nSPS) is 13.6. The van der Waals surface area contributed by atoms with Gasteiger partial charge in [0.15, 0.2) is 0 Å². The van der Waals surface area contributed by atoms with Gasteiger partial charge in [0, 0.05) is 17.3 Å². The van der Waals surface area contributed by atoms with Gasteiger partial charge in [-0.2, -0.15) is 0 Å². The Labute approximate surface area is 160 Å². The molecule has 2 aromatic rings. The molecular weight excluding hydrogens is 370 g/mol. The molecule has 2 N–H and O–H groups in total. The molecule has 0 saturated carbocycles. The highest BCUT2D eigenvalue weighted by atomic mass is 35.5. The first-order valence-electron chi connectivity index (χ1n) is 8.52. The van der Waals surface area contributed by atoms with Gasteiger partial charge in [0.25, 0.3) is 11.6 Å². The second-order valence-corrected chi connectivity index (χ2v) is 6.85. The smallest absolute Gasteiger partial charge is 0.288 e. The second-order valence-electron chi connectivity index (χ2n) is 6.44. The Morgan fingerprint density at radius 2 is 1.89 bits per heavy atom. The molecule has 0 saturated heterocycles. The highest BCUT2D eigenvalue weighted by molar-refractivity contribution is 6.32. The number of rotatable bonds is 5. The van der Waals surface area contributed by atoms with Crippen LogP contribution in [0.4, 0.5) is 11.4 Å². The molecule has 1 aliphatic carbocycles. The topological polar surface area (TPSA) is 101 Å². The molecule has 0 spiro atoms. The zero-order chi connectivity index (χ0) is 19.6. The molecule has 140 valence electrons. The standard InChI is InChI=1S/C19H18ClN3O4/c1-11(18(24)22-15-7-5-12-3-2-4-13(12)9-15)21-19(25)14-6-8-16(20)17(10-14)23(26)27/h5-11H,2-4H2,1H3,(H,21,25)(H,22,24)/t11-/m0/s1. The van der Waals surface area contributed by atoms with Gasteiger partial charge in [-0.1, -0.05) is 17.7 Å². The van der Waals surface area contributed by atoms with Crippen molar-refractivity contribution >= 4 is 34.8 Å². The van der Waals surface area contributed by atoms with Gasteiger partial charge in [-0.15, -0.1) is 0 Å². The summed E-state index contributed by atoms with van der Waals surface area (Å²) in [4.78, 5) is 34.9. The lowest BCUT2D eigenvalue weighted by atomic mass is 10.1. The van der Waals surface area contributed by atoms with Crippen molar-refractivity contribution in [2.24, 2.45) is 0 Å². The van der Waals surface area contributed by atoms with Crippen LogP contribution in [-0.4, -0.2) is 22.8 Å². The third kappa shape index (κ3) is 4.25. The molecule has 0 aliphatic heterocycles. The number of aryl methyl sites for hydroxylation is 2. The molecule has 1 atom stereocenters. The van der Waals surface area contributed by atoms with E-state index in [1.54, 1.807) is 6.92 Å². The number of nitrogens with one attached hydrogen (secondary N) is 2. The minimum absolute atomic E-state index is 0.0565. The van der Waals surface area contributed by atoms with Crippen molar-refractivity contribution in [3.63, 3.8) is 0 Å². The van der Waals surface area contributed by atoms with E-state index >= 15 is 0 Å². The highest BCUT2D eigenvalue weighted by Crippen LogP contribution is 2.26. The third-order valence-electron chi connectivity index (χ3n) is 4.51. The monoisotopic (exact) mass is 387 g/mol. The molecular formula is C19H18ClN3O4. The van der Waals surface area contributed by atoms with E-state index in [4.69, 9.17) is 11.6 Å². The van der Waals surface area contributed by atoms with E-state index in [2.05, 4.69) is 10.6 Å². The summed E-state index contributed by atoms with van der Waals surface area (Å²) in [5.41, 5.74) is 2.92. The van der Waals surface area contributed by atoms with E-state index in [-0.39, 0.29) is 22.2 Å². The van der Waals surface area contributed by atoms with Crippen molar-refractivity contribution in [2.45, 2.75) is 32.2 Å². The van der Waals surface area contributed by atoms with Crippen LogP contribution in [0, 0.1) is 10.1 Å². The summed E-state index contributed by atoms with van der Waals surface area (Å²) in [5.74, 6) is -0.962. The van der Waals surface area contributed by atoms with Gasteiger partial charge < -0.3 is 10.6 Å². The molecule has 0 heterocycles. The molecule has 2 aromatic carbocycles. The maximum Gasteiger partial charge on any atom is 0.288 e. The van der Waals surface area contributed by atoms with E-state index in [1.807, 2.05) is 18.2 Å². The van der Waals surface area contributed by atoms with Gasteiger partial charge >= 0.3 is 0 Å². The van der Waals surface area contributed by atoms with E-state index in [9.17, 15) is 19.7 Å². The lowest BCUT2D eigenvalue weighted by Crippen LogP contribution is -2.41. The second kappa shape index (κ2) is 7.75. The third-order valence-corrected chi connectivity index (χ3v) is 4.83. The van der Waals surface area contributed by atoms with Crippen molar-refractivity contribution < 1.29 is 14.5 Å². The van der Waals surface area contributed by atoms with Gasteiger partial charge in [0.2, 0.25) is 5.91 Å². The summed E-state index contributed by atoms with van der Waals surface area (Å²) in [6.07, 6.45) is 3.18. The number of hydrogen-bond donors (Lipinski definition) is 2. The SMILES string of the molecule is C[C@H](NC(=O)c1ccc(Cl)c([N+](=O)[O-])c1)C(=O)Nc1ccc2c(c1)CCC2. The Morgan fingerprint density at radius 1 is 1.15 bits per heavy atom. The predicted molar refractivity (Wildman–Crippen MR) is 102 cm³/mol. The Balaban J connectivity index is 1.65. The fraction of sp³-hybridized carbons (Fsp3) is 0.263. The van der Waals surface area contributed by atoms with Crippen LogP contribution in [0.1, 0.15) is 34.8 Å². The molecule has 0 fully saturated rings. The number of nitro benzene ring substituents is 1. The maximum absolute atomic E-state index is 12.4. The van der Waals surface area contributed by atoms with Gasteiger partial charge in [-0.25, -0.2) is 0 Å². The lowest BCUT2D eigenvalue weighted by molar-refractivity contribution is -0.384. The number of anilines is 1. The Kier molecular flexibility index (Phi) is 5.41. The number of nitrogens with zero attached hydrogens (tertiary/aromatic N) is 1. The minimum Gasteiger partial charge on any atom is -0.341 e. The first kappa shape index (κ1) is 18.8.